The third kappa shape index (κ3) is 8.29. The average Bonchev–Trinajstić information content (AvgIpc) is 3.61. The highest BCUT2D eigenvalue weighted by atomic mass is 16.5. The number of benzene rings is 1. The monoisotopic (exact) mass is 500 g/mol. The number of carbonyl (C=O) groups excluding carboxylic acids is 2. The maximum absolute atomic E-state index is 13.5. The lowest BCUT2D eigenvalue weighted by Gasteiger charge is -2.27. The predicted octanol–water partition coefficient (Wildman–Crippen LogP) is 4.31. The summed E-state index contributed by atoms with van der Waals surface area (Å²) in [5.74, 6) is 2.55. The molecule has 2 aromatic rings. The second-order valence-electron chi connectivity index (χ2n) is 9.33. The molecule has 36 heavy (non-hydrogen) atoms. The lowest BCUT2D eigenvalue weighted by molar-refractivity contribution is -0.141. The van der Waals surface area contributed by atoms with E-state index in [2.05, 4.69) is 0 Å². The minimum absolute atomic E-state index is 0.0186. The van der Waals surface area contributed by atoms with E-state index in [1.54, 1.807) is 37.4 Å². The maximum atomic E-state index is 13.5. The summed E-state index contributed by atoms with van der Waals surface area (Å²) in [5.41, 5.74) is 1.02. The van der Waals surface area contributed by atoms with Crippen LogP contribution in [0.15, 0.2) is 41.0 Å². The molecule has 0 atom stereocenters. The second kappa shape index (κ2) is 14.5. The van der Waals surface area contributed by atoms with Crippen LogP contribution in [0.5, 0.6) is 11.5 Å². The molecule has 0 aliphatic heterocycles. The Labute approximate surface area is 214 Å². The van der Waals surface area contributed by atoms with Crippen molar-refractivity contribution in [2.75, 3.05) is 47.6 Å². The van der Waals surface area contributed by atoms with Gasteiger partial charge in [-0.05, 0) is 48.6 Å². The van der Waals surface area contributed by atoms with Crippen LogP contribution in [0.1, 0.15) is 49.8 Å². The number of ether oxygens (including phenoxy) is 3. The molecule has 1 aliphatic rings. The summed E-state index contributed by atoms with van der Waals surface area (Å²) in [6.07, 6.45) is 8.52. The Morgan fingerprint density at radius 2 is 1.75 bits per heavy atom. The zero-order valence-corrected chi connectivity index (χ0v) is 21.9. The van der Waals surface area contributed by atoms with Crippen LogP contribution < -0.4 is 9.47 Å². The van der Waals surface area contributed by atoms with Crippen LogP contribution in [0, 0.1) is 5.92 Å². The molecule has 8 nitrogen and oxygen atoms in total. The number of rotatable bonds is 15. The van der Waals surface area contributed by atoms with Crippen molar-refractivity contribution in [3.05, 3.63) is 47.9 Å². The van der Waals surface area contributed by atoms with E-state index in [1.807, 2.05) is 30.3 Å². The van der Waals surface area contributed by atoms with Gasteiger partial charge in [-0.25, -0.2) is 0 Å². The van der Waals surface area contributed by atoms with Gasteiger partial charge in [-0.1, -0.05) is 31.7 Å². The minimum Gasteiger partial charge on any atom is -0.493 e. The van der Waals surface area contributed by atoms with Crippen molar-refractivity contribution in [1.82, 2.24) is 9.80 Å². The van der Waals surface area contributed by atoms with E-state index in [0.29, 0.717) is 62.3 Å². The van der Waals surface area contributed by atoms with Crippen molar-refractivity contribution in [1.29, 1.82) is 0 Å². The molecule has 3 rings (SSSR count). The van der Waals surface area contributed by atoms with Crippen molar-refractivity contribution in [2.24, 2.45) is 5.92 Å². The zero-order chi connectivity index (χ0) is 25.8. The number of hydrogen-bond donors (Lipinski definition) is 0. The Bertz CT molecular complexity index is 940. The SMILES string of the molecule is COCCN(CC(=O)N(CCc1ccc(OC)c(OC)c1)Cc1ccco1)C(=O)CCC1CCCC1. The molecule has 0 spiro atoms. The summed E-state index contributed by atoms with van der Waals surface area (Å²) in [6, 6.07) is 9.42. The fourth-order valence-corrected chi connectivity index (χ4v) is 4.72. The largest absolute Gasteiger partial charge is 0.493 e. The van der Waals surface area contributed by atoms with Gasteiger partial charge >= 0.3 is 0 Å². The highest BCUT2D eigenvalue weighted by Crippen LogP contribution is 2.29. The summed E-state index contributed by atoms with van der Waals surface area (Å²) >= 11 is 0. The lowest BCUT2D eigenvalue weighted by Crippen LogP contribution is -2.44. The first kappa shape index (κ1) is 27.6. The Morgan fingerprint density at radius 1 is 0.972 bits per heavy atom. The van der Waals surface area contributed by atoms with E-state index in [9.17, 15) is 9.59 Å². The summed E-state index contributed by atoms with van der Waals surface area (Å²) in [7, 11) is 4.81. The molecule has 1 aromatic carbocycles. The molecule has 1 fully saturated rings. The van der Waals surface area contributed by atoms with Crippen LogP contribution in [-0.2, 0) is 27.3 Å². The van der Waals surface area contributed by atoms with Crippen molar-refractivity contribution >= 4 is 11.8 Å². The van der Waals surface area contributed by atoms with Crippen LogP contribution >= 0.6 is 0 Å². The van der Waals surface area contributed by atoms with E-state index < -0.39 is 0 Å². The van der Waals surface area contributed by atoms with Gasteiger partial charge in [-0.2, -0.15) is 0 Å². The van der Waals surface area contributed by atoms with Gasteiger partial charge in [0, 0.05) is 26.6 Å². The molecule has 1 aromatic heterocycles. The number of nitrogens with zero attached hydrogens (tertiary/aromatic N) is 2. The molecular weight excluding hydrogens is 460 g/mol. The Hall–Kier alpha value is -3.00. The molecule has 0 N–H and O–H groups in total. The normalized spacial score (nSPS) is 13.5. The van der Waals surface area contributed by atoms with Crippen molar-refractivity contribution < 1.29 is 28.2 Å². The van der Waals surface area contributed by atoms with E-state index in [0.717, 1.165) is 12.0 Å². The first-order chi connectivity index (χ1) is 17.5. The van der Waals surface area contributed by atoms with Gasteiger partial charge in [-0.15, -0.1) is 0 Å². The van der Waals surface area contributed by atoms with Crippen LogP contribution in [0.3, 0.4) is 0 Å². The molecule has 0 unspecified atom stereocenters. The van der Waals surface area contributed by atoms with Crippen LogP contribution in [0.25, 0.3) is 0 Å². The molecule has 1 saturated carbocycles. The summed E-state index contributed by atoms with van der Waals surface area (Å²) in [6.45, 7) is 1.64. The molecule has 1 aliphatic carbocycles. The van der Waals surface area contributed by atoms with E-state index >= 15 is 0 Å². The van der Waals surface area contributed by atoms with Gasteiger partial charge in [0.25, 0.3) is 0 Å². The van der Waals surface area contributed by atoms with Gasteiger partial charge in [-0.3, -0.25) is 9.59 Å². The number of amides is 2. The number of carbonyl (C=O) groups is 2. The fraction of sp³-hybridized carbons (Fsp3) is 0.571. The van der Waals surface area contributed by atoms with Gasteiger partial charge in [0.2, 0.25) is 11.8 Å². The quantitative estimate of drug-likeness (QED) is 0.362. The van der Waals surface area contributed by atoms with Gasteiger partial charge in [0.1, 0.15) is 5.76 Å². The molecule has 0 bridgehead atoms. The molecule has 0 saturated heterocycles. The minimum atomic E-state index is -0.114. The van der Waals surface area contributed by atoms with Crippen LogP contribution in [-0.4, -0.2) is 69.2 Å². The van der Waals surface area contributed by atoms with Gasteiger partial charge in [0.05, 0.1) is 40.2 Å². The molecule has 2 amide bonds. The van der Waals surface area contributed by atoms with Crippen molar-refractivity contribution in [3.63, 3.8) is 0 Å². The predicted molar refractivity (Wildman–Crippen MR) is 137 cm³/mol. The highest BCUT2D eigenvalue weighted by Gasteiger charge is 2.24. The Kier molecular flexibility index (Phi) is 11.1. The van der Waals surface area contributed by atoms with Crippen molar-refractivity contribution in [2.45, 2.75) is 51.5 Å². The zero-order valence-electron chi connectivity index (χ0n) is 21.9. The number of methoxy groups -OCH3 is 3. The Morgan fingerprint density at radius 3 is 2.42 bits per heavy atom. The molecular formula is C28H40N2O6. The molecule has 8 heteroatoms. The topological polar surface area (TPSA) is 81.5 Å². The fourth-order valence-electron chi connectivity index (χ4n) is 4.72. The first-order valence-corrected chi connectivity index (χ1v) is 12.8. The second-order valence-corrected chi connectivity index (χ2v) is 9.33. The van der Waals surface area contributed by atoms with Crippen molar-refractivity contribution in [3.8, 4) is 11.5 Å². The summed E-state index contributed by atoms with van der Waals surface area (Å²) in [4.78, 5) is 29.9. The first-order valence-electron chi connectivity index (χ1n) is 12.8. The maximum Gasteiger partial charge on any atom is 0.242 e. The average molecular weight is 501 g/mol. The third-order valence-electron chi connectivity index (χ3n) is 6.88. The number of hydrogen-bond acceptors (Lipinski definition) is 6. The summed E-state index contributed by atoms with van der Waals surface area (Å²) < 4.78 is 21.5. The van der Waals surface area contributed by atoms with E-state index in [-0.39, 0.29) is 18.4 Å². The molecule has 0 radical (unpaired) electrons. The highest BCUT2D eigenvalue weighted by molar-refractivity contribution is 5.84. The lowest BCUT2D eigenvalue weighted by atomic mass is 10.0. The molecule has 198 valence electrons. The van der Waals surface area contributed by atoms with Crippen LogP contribution in [0.2, 0.25) is 0 Å². The van der Waals surface area contributed by atoms with E-state index in [1.165, 1.54) is 25.7 Å². The third-order valence-corrected chi connectivity index (χ3v) is 6.88. The standard InChI is InChI=1S/C28H40N2O6/c1-33-18-16-30(27(31)13-11-22-7-4-5-8-22)21-28(32)29(20-24-9-6-17-36-24)15-14-23-10-12-25(34-2)26(19-23)35-3/h6,9-10,12,17,19,22H,4-5,7-8,11,13-16,18,20-21H2,1-3H3. The smallest absolute Gasteiger partial charge is 0.242 e. The van der Waals surface area contributed by atoms with Gasteiger partial charge < -0.3 is 28.4 Å². The number of furan rings is 1. The van der Waals surface area contributed by atoms with Crippen LogP contribution in [0.4, 0.5) is 0 Å². The van der Waals surface area contributed by atoms with Gasteiger partial charge in [0.15, 0.2) is 11.5 Å². The Balaban J connectivity index is 1.66. The van der Waals surface area contributed by atoms with E-state index in [4.69, 9.17) is 18.6 Å². The summed E-state index contributed by atoms with van der Waals surface area (Å²) in [5, 5.41) is 0. The molecule has 1 heterocycles.